The Kier molecular flexibility index (Phi) is 6.09. The van der Waals surface area contributed by atoms with Gasteiger partial charge in [-0.1, -0.05) is 158 Å². The SMILES string of the molecule is c1ccc2c(c1)Oc1cccc3c(-c4cccc5c(-c6cccc7c(-c8ccc9c%10c(cccc8%10)Oc8ccccc8-9)cccc67)cccc45)ccc-2c13. The Bertz CT molecular complexity index is 3010. The van der Waals surface area contributed by atoms with E-state index >= 15 is 0 Å². The van der Waals surface area contributed by atoms with Crippen molar-refractivity contribution in [3.63, 3.8) is 0 Å². The van der Waals surface area contributed by atoms with Gasteiger partial charge in [-0.25, -0.2) is 0 Å². The van der Waals surface area contributed by atoms with E-state index in [4.69, 9.17) is 9.47 Å². The van der Waals surface area contributed by atoms with Crippen LogP contribution in [0.15, 0.2) is 182 Å². The summed E-state index contributed by atoms with van der Waals surface area (Å²) in [6.07, 6.45) is 0. The van der Waals surface area contributed by atoms with E-state index in [2.05, 4.69) is 170 Å². The van der Waals surface area contributed by atoms with Gasteiger partial charge in [-0.05, 0) is 101 Å². The number of rotatable bonds is 3. The van der Waals surface area contributed by atoms with Crippen LogP contribution in [0.1, 0.15) is 0 Å². The standard InChI is InChI=1S/C52H30O2/c1-3-23-47-41(11-1)45-29-27-39(43-21-9-25-49(53-47)51(43)45)37-19-7-15-33-31(13-5-17-35(33)37)32-14-6-18-36-34(32)16-8-20-38(36)40-28-30-46-42-12-2-4-24-48(42)54-50-26-10-22-44(40)52(46)50/h1-30H. The zero-order valence-electron chi connectivity index (χ0n) is 29.1. The quantitative estimate of drug-likeness (QED) is 0.184. The van der Waals surface area contributed by atoms with E-state index in [1.54, 1.807) is 0 Å². The van der Waals surface area contributed by atoms with Crippen molar-refractivity contribution < 1.29 is 9.47 Å². The molecule has 0 unspecified atom stereocenters. The van der Waals surface area contributed by atoms with E-state index in [0.717, 1.165) is 44.9 Å². The minimum absolute atomic E-state index is 0.905. The Hall–Kier alpha value is -7.16. The monoisotopic (exact) mass is 686 g/mol. The Morgan fingerprint density at radius 3 is 0.870 bits per heavy atom. The van der Waals surface area contributed by atoms with Crippen LogP contribution >= 0.6 is 0 Å². The second kappa shape index (κ2) is 11.2. The van der Waals surface area contributed by atoms with Gasteiger partial charge in [-0.15, -0.1) is 0 Å². The lowest BCUT2D eigenvalue weighted by Crippen LogP contribution is -1.98. The molecular formula is C52H30O2. The third-order valence-electron chi connectivity index (χ3n) is 11.5. The van der Waals surface area contributed by atoms with E-state index in [-0.39, 0.29) is 0 Å². The molecule has 0 radical (unpaired) electrons. The zero-order chi connectivity index (χ0) is 35.3. The summed E-state index contributed by atoms with van der Waals surface area (Å²) in [6.45, 7) is 0. The highest BCUT2D eigenvalue weighted by Crippen LogP contribution is 2.51. The molecule has 0 spiro atoms. The average molecular weight is 687 g/mol. The van der Waals surface area contributed by atoms with Crippen LogP contribution in [-0.2, 0) is 0 Å². The van der Waals surface area contributed by atoms with E-state index in [0.29, 0.717) is 0 Å². The normalized spacial score (nSPS) is 12.4. The molecule has 0 bridgehead atoms. The van der Waals surface area contributed by atoms with Gasteiger partial charge in [0.25, 0.3) is 0 Å². The molecule has 0 N–H and O–H groups in total. The number of para-hydroxylation sites is 2. The summed E-state index contributed by atoms with van der Waals surface area (Å²) in [5.41, 5.74) is 12.0. The van der Waals surface area contributed by atoms with Gasteiger partial charge in [0.15, 0.2) is 0 Å². The predicted molar refractivity (Wildman–Crippen MR) is 224 cm³/mol. The van der Waals surface area contributed by atoms with Crippen LogP contribution in [0.5, 0.6) is 23.0 Å². The third kappa shape index (κ3) is 4.11. The lowest BCUT2D eigenvalue weighted by molar-refractivity contribution is 0.487. The van der Waals surface area contributed by atoms with Crippen molar-refractivity contribution in [1.29, 1.82) is 0 Å². The van der Waals surface area contributed by atoms with Crippen molar-refractivity contribution in [2.24, 2.45) is 0 Å². The van der Waals surface area contributed by atoms with Gasteiger partial charge in [0.05, 0.1) is 0 Å². The molecule has 0 aromatic heterocycles. The van der Waals surface area contributed by atoms with Gasteiger partial charge >= 0.3 is 0 Å². The minimum atomic E-state index is 0.905. The molecule has 0 saturated carbocycles. The fourth-order valence-electron chi connectivity index (χ4n) is 9.19. The molecule has 0 fully saturated rings. The molecule has 2 aliphatic heterocycles. The Morgan fingerprint density at radius 1 is 0.185 bits per heavy atom. The lowest BCUT2D eigenvalue weighted by Gasteiger charge is -2.23. The first-order valence-corrected chi connectivity index (χ1v) is 18.5. The number of ether oxygens (including phenoxy) is 2. The van der Waals surface area contributed by atoms with Gasteiger partial charge in [-0.3, -0.25) is 0 Å². The molecule has 10 aromatic rings. The summed E-state index contributed by atoms with van der Waals surface area (Å²) in [6, 6.07) is 65.6. The molecule has 54 heavy (non-hydrogen) atoms. The molecule has 2 aliphatic rings. The van der Waals surface area contributed by atoms with Gasteiger partial charge in [0.2, 0.25) is 0 Å². The maximum Gasteiger partial charge on any atom is 0.135 e. The number of benzene rings is 10. The number of hydrogen-bond acceptors (Lipinski definition) is 2. The van der Waals surface area contributed by atoms with Crippen LogP contribution in [-0.4, -0.2) is 0 Å². The summed E-state index contributed by atoms with van der Waals surface area (Å²) in [7, 11) is 0. The summed E-state index contributed by atoms with van der Waals surface area (Å²) in [4.78, 5) is 0. The Labute approximate surface area is 312 Å². The van der Waals surface area contributed by atoms with Gasteiger partial charge in [0, 0.05) is 21.9 Å². The molecule has 250 valence electrons. The fourth-order valence-corrected chi connectivity index (χ4v) is 9.19. The number of fused-ring (bicyclic) bond motifs is 6. The van der Waals surface area contributed by atoms with Crippen molar-refractivity contribution in [3.05, 3.63) is 182 Å². The van der Waals surface area contributed by atoms with E-state index < -0.39 is 0 Å². The van der Waals surface area contributed by atoms with Crippen molar-refractivity contribution in [1.82, 2.24) is 0 Å². The van der Waals surface area contributed by atoms with E-state index in [1.165, 1.54) is 76.8 Å². The molecule has 2 heteroatoms. The first-order chi connectivity index (χ1) is 26.8. The Morgan fingerprint density at radius 2 is 0.463 bits per heavy atom. The van der Waals surface area contributed by atoms with Gasteiger partial charge in [-0.2, -0.15) is 0 Å². The first kappa shape index (κ1) is 29.4. The molecule has 0 saturated heterocycles. The molecule has 0 aliphatic carbocycles. The molecule has 0 atom stereocenters. The van der Waals surface area contributed by atoms with Crippen LogP contribution in [0.4, 0.5) is 0 Å². The van der Waals surface area contributed by atoms with Crippen molar-refractivity contribution in [2.45, 2.75) is 0 Å². The van der Waals surface area contributed by atoms with Crippen LogP contribution in [0.25, 0.3) is 98.7 Å². The smallest absolute Gasteiger partial charge is 0.135 e. The topological polar surface area (TPSA) is 18.5 Å². The average Bonchev–Trinajstić information content (AvgIpc) is 3.23. The zero-order valence-corrected chi connectivity index (χ0v) is 29.1. The van der Waals surface area contributed by atoms with Crippen molar-refractivity contribution >= 4 is 43.1 Å². The Balaban J connectivity index is 1.04. The first-order valence-electron chi connectivity index (χ1n) is 18.5. The maximum absolute atomic E-state index is 6.44. The van der Waals surface area contributed by atoms with Crippen LogP contribution in [0.2, 0.25) is 0 Å². The highest BCUT2D eigenvalue weighted by Gasteiger charge is 2.24. The van der Waals surface area contributed by atoms with Gasteiger partial charge in [0.1, 0.15) is 23.0 Å². The molecule has 2 nitrogen and oxygen atoms in total. The van der Waals surface area contributed by atoms with E-state index in [1.807, 2.05) is 12.1 Å². The summed E-state index contributed by atoms with van der Waals surface area (Å²) >= 11 is 0. The summed E-state index contributed by atoms with van der Waals surface area (Å²) in [5, 5.41) is 9.63. The van der Waals surface area contributed by atoms with Crippen molar-refractivity contribution in [2.75, 3.05) is 0 Å². The minimum Gasteiger partial charge on any atom is -0.456 e. The molecule has 12 rings (SSSR count). The molecule has 2 heterocycles. The largest absolute Gasteiger partial charge is 0.456 e. The highest BCUT2D eigenvalue weighted by molar-refractivity contribution is 6.18. The van der Waals surface area contributed by atoms with Crippen LogP contribution in [0, 0.1) is 0 Å². The highest BCUT2D eigenvalue weighted by atomic mass is 16.5. The van der Waals surface area contributed by atoms with Crippen molar-refractivity contribution in [3.8, 4) is 78.6 Å². The molecule has 10 aromatic carbocycles. The van der Waals surface area contributed by atoms with Crippen LogP contribution < -0.4 is 9.47 Å². The lowest BCUT2D eigenvalue weighted by atomic mass is 9.86. The number of hydrogen-bond donors (Lipinski definition) is 0. The van der Waals surface area contributed by atoms with E-state index in [9.17, 15) is 0 Å². The third-order valence-corrected chi connectivity index (χ3v) is 11.5. The summed E-state index contributed by atoms with van der Waals surface area (Å²) in [5.74, 6) is 3.62. The fraction of sp³-hybridized carbons (Fsp3) is 0. The molecule has 0 amide bonds. The van der Waals surface area contributed by atoms with Crippen LogP contribution in [0.3, 0.4) is 0 Å². The molecular weight excluding hydrogens is 657 g/mol. The second-order valence-corrected chi connectivity index (χ2v) is 14.3. The van der Waals surface area contributed by atoms with Gasteiger partial charge < -0.3 is 9.47 Å². The maximum atomic E-state index is 6.44. The predicted octanol–water partition coefficient (Wildman–Crippen LogP) is 14.8. The second-order valence-electron chi connectivity index (χ2n) is 14.3. The summed E-state index contributed by atoms with van der Waals surface area (Å²) < 4.78 is 12.9.